The van der Waals surface area contributed by atoms with Crippen LogP contribution in [0, 0.1) is 0 Å². The molecule has 0 saturated carbocycles. The van der Waals surface area contributed by atoms with Crippen LogP contribution in [0.2, 0.25) is 5.02 Å². The van der Waals surface area contributed by atoms with Crippen LogP contribution in [0.15, 0.2) is 48.5 Å². The minimum atomic E-state index is 0.224. The summed E-state index contributed by atoms with van der Waals surface area (Å²) in [5.41, 5.74) is 2.54. The van der Waals surface area contributed by atoms with E-state index in [9.17, 15) is 0 Å². The number of halogens is 1. The predicted octanol–water partition coefficient (Wildman–Crippen LogP) is 3.99. The van der Waals surface area contributed by atoms with E-state index >= 15 is 0 Å². The monoisotopic (exact) mass is 287 g/mol. The number of para-hydroxylation sites is 1. The Kier molecular flexibility index (Phi) is 3.95. The van der Waals surface area contributed by atoms with Crippen LogP contribution in [0.3, 0.4) is 0 Å². The van der Waals surface area contributed by atoms with Crippen LogP contribution in [0.5, 0.6) is 5.75 Å². The Balaban J connectivity index is 1.55. The molecular formula is C17H18ClNO. The molecular weight excluding hydrogens is 270 g/mol. The second kappa shape index (κ2) is 5.86. The van der Waals surface area contributed by atoms with E-state index in [1.54, 1.807) is 0 Å². The molecule has 0 radical (unpaired) electrons. The Hall–Kier alpha value is -1.51. The topological polar surface area (TPSA) is 21.3 Å². The summed E-state index contributed by atoms with van der Waals surface area (Å²) in [6, 6.07) is 16.5. The van der Waals surface area contributed by atoms with Gasteiger partial charge in [-0.1, -0.05) is 41.9 Å². The van der Waals surface area contributed by atoms with Gasteiger partial charge in [-0.3, -0.25) is 0 Å². The molecule has 0 bridgehead atoms. The highest BCUT2D eigenvalue weighted by molar-refractivity contribution is 6.30. The molecule has 2 aromatic rings. The van der Waals surface area contributed by atoms with Gasteiger partial charge in [0.25, 0.3) is 0 Å². The number of benzene rings is 2. The molecule has 1 N–H and O–H groups in total. The van der Waals surface area contributed by atoms with Crippen LogP contribution >= 0.6 is 11.6 Å². The fraction of sp³-hybridized carbons (Fsp3) is 0.294. The van der Waals surface area contributed by atoms with E-state index in [4.69, 9.17) is 16.3 Å². The Morgan fingerprint density at radius 1 is 1.20 bits per heavy atom. The van der Waals surface area contributed by atoms with Crippen molar-refractivity contribution < 1.29 is 4.74 Å². The maximum absolute atomic E-state index is 5.93. The summed E-state index contributed by atoms with van der Waals surface area (Å²) in [7, 11) is 0. The van der Waals surface area contributed by atoms with Gasteiger partial charge in [0, 0.05) is 24.0 Å². The van der Waals surface area contributed by atoms with Gasteiger partial charge >= 0.3 is 0 Å². The van der Waals surface area contributed by atoms with Crippen molar-refractivity contribution in [2.45, 2.75) is 25.5 Å². The number of fused-ring (bicyclic) bond motifs is 1. The quantitative estimate of drug-likeness (QED) is 0.918. The van der Waals surface area contributed by atoms with Crippen molar-refractivity contribution >= 4 is 11.6 Å². The maximum atomic E-state index is 5.93. The van der Waals surface area contributed by atoms with Gasteiger partial charge in [0.15, 0.2) is 0 Å². The van der Waals surface area contributed by atoms with Gasteiger partial charge in [-0.05, 0) is 36.2 Å². The fourth-order valence-electron chi connectivity index (χ4n) is 2.55. The van der Waals surface area contributed by atoms with Gasteiger partial charge in [0.05, 0.1) is 0 Å². The summed E-state index contributed by atoms with van der Waals surface area (Å²) < 4.78 is 5.93. The molecule has 20 heavy (non-hydrogen) atoms. The van der Waals surface area contributed by atoms with Crippen molar-refractivity contribution in [2.75, 3.05) is 6.54 Å². The van der Waals surface area contributed by atoms with Crippen LogP contribution in [-0.4, -0.2) is 12.6 Å². The lowest BCUT2D eigenvalue weighted by molar-refractivity contribution is 0.222. The molecule has 3 heteroatoms. The molecule has 1 aliphatic heterocycles. The summed E-state index contributed by atoms with van der Waals surface area (Å²) in [5, 5.41) is 4.30. The fourth-order valence-corrected chi connectivity index (χ4v) is 2.67. The zero-order valence-electron chi connectivity index (χ0n) is 11.5. The van der Waals surface area contributed by atoms with Crippen molar-refractivity contribution in [1.82, 2.24) is 5.32 Å². The van der Waals surface area contributed by atoms with E-state index in [0.717, 1.165) is 23.7 Å². The first kappa shape index (κ1) is 13.5. The average molecular weight is 288 g/mol. The largest absolute Gasteiger partial charge is 0.488 e. The number of rotatable bonds is 4. The number of hydrogen-bond acceptors (Lipinski definition) is 2. The highest BCUT2D eigenvalue weighted by atomic mass is 35.5. The van der Waals surface area contributed by atoms with Crippen molar-refractivity contribution in [3.05, 3.63) is 64.7 Å². The Morgan fingerprint density at radius 2 is 1.95 bits per heavy atom. The van der Waals surface area contributed by atoms with E-state index in [-0.39, 0.29) is 6.10 Å². The third-order valence-electron chi connectivity index (χ3n) is 3.74. The van der Waals surface area contributed by atoms with Crippen LogP contribution in [0.25, 0.3) is 0 Å². The zero-order valence-corrected chi connectivity index (χ0v) is 12.2. The van der Waals surface area contributed by atoms with E-state index in [0.29, 0.717) is 6.04 Å². The van der Waals surface area contributed by atoms with Crippen LogP contribution < -0.4 is 10.1 Å². The maximum Gasteiger partial charge on any atom is 0.123 e. The number of nitrogens with one attached hydrogen (secondary N) is 1. The SMILES string of the molecule is CC(NCC1Cc2ccccc2O1)c1ccc(Cl)cc1. The van der Waals surface area contributed by atoms with Crippen molar-refractivity contribution in [1.29, 1.82) is 0 Å². The third-order valence-corrected chi connectivity index (χ3v) is 3.99. The molecule has 2 atom stereocenters. The van der Waals surface area contributed by atoms with Crippen molar-refractivity contribution in [3.8, 4) is 5.75 Å². The molecule has 1 aliphatic rings. The predicted molar refractivity (Wildman–Crippen MR) is 82.4 cm³/mol. The number of ether oxygens (including phenoxy) is 1. The van der Waals surface area contributed by atoms with E-state index in [1.165, 1.54) is 11.1 Å². The molecule has 0 fully saturated rings. The van der Waals surface area contributed by atoms with Gasteiger partial charge in [-0.2, -0.15) is 0 Å². The normalized spacial score (nSPS) is 18.4. The Morgan fingerprint density at radius 3 is 2.70 bits per heavy atom. The molecule has 0 aliphatic carbocycles. The molecule has 2 aromatic carbocycles. The van der Waals surface area contributed by atoms with E-state index < -0.39 is 0 Å². The summed E-state index contributed by atoms with van der Waals surface area (Å²) >= 11 is 5.91. The molecule has 3 rings (SSSR count). The first-order valence-corrected chi connectivity index (χ1v) is 7.33. The average Bonchev–Trinajstić information content (AvgIpc) is 2.88. The highest BCUT2D eigenvalue weighted by Crippen LogP contribution is 2.28. The number of hydrogen-bond donors (Lipinski definition) is 1. The summed E-state index contributed by atoms with van der Waals surface area (Å²) in [4.78, 5) is 0. The molecule has 1 heterocycles. The van der Waals surface area contributed by atoms with Crippen LogP contribution in [0.4, 0.5) is 0 Å². The molecule has 0 amide bonds. The van der Waals surface area contributed by atoms with E-state index in [2.05, 4.69) is 36.5 Å². The molecule has 104 valence electrons. The lowest BCUT2D eigenvalue weighted by Crippen LogP contribution is -2.31. The van der Waals surface area contributed by atoms with Gasteiger partial charge in [-0.25, -0.2) is 0 Å². The molecule has 0 saturated heterocycles. The summed E-state index contributed by atoms with van der Waals surface area (Å²) in [6.45, 7) is 3.00. The standard InChI is InChI=1S/C17H18ClNO/c1-12(13-6-8-15(18)9-7-13)19-11-16-10-14-4-2-3-5-17(14)20-16/h2-9,12,16,19H,10-11H2,1H3. The zero-order chi connectivity index (χ0) is 13.9. The van der Waals surface area contributed by atoms with Gasteiger partial charge in [0.1, 0.15) is 11.9 Å². The van der Waals surface area contributed by atoms with Crippen LogP contribution in [-0.2, 0) is 6.42 Å². The highest BCUT2D eigenvalue weighted by Gasteiger charge is 2.22. The first-order valence-electron chi connectivity index (χ1n) is 6.96. The molecule has 2 nitrogen and oxygen atoms in total. The summed E-state index contributed by atoms with van der Waals surface area (Å²) in [6.07, 6.45) is 1.21. The van der Waals surface area contributed by atoms with Crippen molar-refractivity contribution in [3.63, 3.8) is 0 Å². The minimum absolute atomic E-state index is 0.224. The van der Waals surface area contributed by atoms with Gasteiger partial charge < -0.3 is 10.1 Å². The molecule has 0 aromatic heterocycles. The lowest BCUT2D eigenvalue weighted by atomic mass is 10.1. The van der Waals surface area contributed by atoms with E-state index in [1.807, 2.05) is 24.3 Å². The Bertz CT molecular complexity index is 557. The third kappa shape index (κ3) is 2.97. The van der Waals surface area contributed by atoms with Gasteiger partial charge in [0.2, 0.25) is 0 Å². The van der Waals surface area contributed by atoms with Gasteiger partial charge in [-0.15, -0.1) is 0 Å². The molecule has 0 spiro atoms. The minimum Gasteiger partial charge on any atom is -0.488 e. The summed E-state index contributed by atoms with van der Waals surface area (Å²) in [5.74, 6) is 1.03. The first-order chi connectivity index (χ1) is 9.72. The van der Waals surface area contributed by atoms with Crippen LogP contribution in [0.1, 0.15) is 24.1 Å². The Labute approximate surface area is 124 Å². The molecule has 2 unspecified atom stereocenters. The smallest absolute Gasteiger partial charge is 0.123 e. The van der Waals surface area contributed by atoms with Crippen molar-refractivity contribution in [2.24, 2.45) is 0 Å². The second-order valence-electron chi connectivity index (χ2n) is 5.23. The second-order valence-corrected chi connectivity index (χ2v) is 5.67. The lowest BCUT2D eigenvalue weighted by Gasteiger charge is -2.17.